The van der Waals surface area contributed by atoms with Crippen LogP contribution in [0.5, 0.6) is 0 Å². The summed E-state index contributed by atoms with van der Waals surface area (Å²) in [5.41, 5.74) is 2.16. The van der Waals surface area contributed by atoms with E-state index in [2.05, 4.69) is 25.5 Å². The second kappa shape index (κ2) is 13.4. The predicted molar refractivity (Wildman–Crippen MR) is 138 cm³/mol. The zero-order valence-corrected chi connectivity index (χ0v) is 20.8. The molecular formula is C22H30ClIN6O. The number of hydrogen-bond acceptors (Lipinski definition) is 4. The Morgan fingerprint density at radius 3 is 2.48 bits per heavy atom. The molecule has 0 radical (unpaired) electrons. The van der Waals surface area contributed by atoms with Crippen LogP contribution in [0.15, 0.2) is 53.7 Å². The average Bonchev–Trinajstić information content (AvgIpc) is 2.78. The summed E-state index contributed by atoms with van der Waals surface area (Å²) in [5.74, 6) is 0.703. The molecule has 0 unspecified atom stereocenters. The highest BCUT2D eigenvalue weighted by atomic mass is 127. The normalized spacial score (nSPS) is 14.1. The number of carbonyl (C=O) groups is 1. The van der Waals surface area contributed by atoms with Gasteiger partial charge in [0.1, 0.15) is 6.54 Å². The van der Waals surface area contributed by atoms with Gasteiger partial charge >= 0.3 is 0 Å². The number of anilines is 1. The fraction of sp³-hybridized carbons (Fsp3) is 0.409. The monoisotopic (exact) mass is 556 g/mol. The first-order chi connectivity index (χ1) is 14.7. The van der Waals surface area contributed by atoms with Gasteiger partial charge in [0.2, 0.25) is 5.91 Å². The number of pyridine rings is 1. The molecule has 9 heteroatoms. The van der Waals surface area contributed by atoms with Gasteiger partial charge in [-0.15, -0.1) is 24.0 Å². The molecule has 7 nitrogen and oxygen atoms in total. The topological polar surface area (TPSA) is 72.9 Å². The van der Waals surface area contributed by atoms with E-state index in [1.54, 1.807) is 6.20 Å². The van der Waals surface area contributed by atoms with E-state index >= 15 is 0 Å². The molecule has 168 valence electrons. The van der Waals surface area contributed by atoms with E-state index < -0.39 is 0 Å². The number of benzene rings is 1. The van der Waals surface area contributed by atoms with Crippen molar-refractivity contribution in [2.45, 2.75) is 13.3 Å². The molecule has 1 aromatic heterocycles. The lowest BCUT2D eigenvalue weighted by Crippen LogP contribution is -2.49. The first-order valence-corrected chi connectivity index (χ1v) is 10.7. The second-order valence-electron chi connectivity index (χ2n) is 7.04. The number of aromatic nitrogens is 1. The number of piperazine rings is 1. The van der Waals surface area contributed by atoms with Crippen LogP contribution in [-0.2, 0) is 11.2 Å². The summed E-state index contributed by atoms with van der Waals surface area (Å²) in [5, 5.41) is 7.19. The lowest BCUT2D eigenvalue weighted by molar-refractivity contribution is -0.129. The van der Waals surface area contributed by atoms with Gasteiger partial charge in [0.25, 0.3) is 0 Å². The van der Waals surface area contributed by atoms with Crippen LogP contribution in [0.2, 0.25) is 5.02 Å². The molecule has 1 aliphatic rings. The molecule has 1 amide bonds. The Balaban J connectivity index is 0.00000341. The van der Waals surface area contributed by atoms with E-state index in [1.165, 1.54) is 0 Å². The van der Waals surface area contributed by atoms with Gasteiger partial charge in [-0.2, -0.15) is 0 Å². The molecule has 0 bridgehead atoms. The first kappa shape index (κ1) is 25.2. The lowest BCUT2D eigenvalue weighted by Gasteiger charge is -2.36. The molecule has 2 N–H and O–H groups in total. The average molecular weight is 557 g/mol. The summed E-state index contributed by atoms with van der Waals surface area (Å²) in [6, 6.07) is 13.7. The van der Waals surface area contributed by atoms with Gasteiger partial charge < -0.3 is 20.4 Å². The van der Waals surface area contributed by atoms with Crippen molar-refractivity contribution in [2.24, 2.45) is 4.99 Å². The van der Waals surface area contributed by atoms with E-state index in [9.17, 15) is 4.79 Å². The van der Waals surface area contributed by atoms with Gasteiger partial charge in [0.15, 0.2) is 5.96 Å². The summed E-state index contributed by atoms with van der Waals surface area (Å²) in [6.07, 6.45) is 2.59. The van der Waals surface area contributed by atoms with Gasteiger partial charge in [-0.1, -0.05) is 17.7 Å². The highest BCUT2D eigenvalue weighted by Gasteiger charge is 2.21. The molecule has 1 saturated heterocycles. The number of rotatable bonds is 7. The molecule has 0 atom stereocenters. The minimum atomic E-state index is 0. The number of amides is 1. The van der Waals surface area contributed by atoms with E-state index in [4.69, 9.17) is 11.6 Å². The third-order valence-electron chi connectivity index (χ3n) is 4.94. The van der Waals surface area contributed by atoms with Crippen LogP contribution < -0.4 is 15.5 Å². The lowest BCUT2D eigenvalue weighted by atomic mass is 10.2. The van der Waals surface area contributed by atoms with Crippen molar-refractivity contribution in [1.82, 2.24) is 20.5 Å². The summed E-state index contributed by atoms with van der Waals surface area (Å²) in [6.45, 7) is 6.59. The van der Waals surface area contributed by atoms with Gasteiger partial charge in [0.05, 0.1) is 0 Å². The molecular weight excluding hydrogens is 527 g/mol. The smallest absolute Gasteiger partial charge is 0.244 e. The number of carbonyl (C=O) groups excluding carboxylic acids is 1. The van der Waals surface area contributed by atoms with E-state index in [-0.39, 0.29) is 36.4 Å². The molecule has 2 heterocycles. The van der Waals surface area contributed by atoms with Crippen molar-refractivity contribution < 1.29 is 4.79 Å². The molecule has 1 aromatic carbocycles. The van der Waals surface area contributed by atoms with Gasteiger partial charge in [-0.3, -0.25) is 9.78 Å². The highest BCUT2D eigenvalue weighted by molar-refractivity contribution is 14.0. The van der Waals surface area contributed by atoms with Crippen LogP contribution in [0.25, 0.3) is 0 Å². The Morgan fingerprint density at radius 2 is 1.84 bits per heavy atom. The number of hydrogen-bond donors (Lipinski definition) is 2. The van der Waals surface area contributed by atoms with Crippen LogP contribution in [0.1, 0.15) is 12.6 Å². The third kappa shape index (κ3) is 8.17. The van der Waals surface area contributed by atoms with Crippen molar-refractivity contribution in [1.29, 1.82) is 0 Å². The zero-order chi connectivity index (χ0) is 21.2. The summed E-state index contributed by atoms with van der Waals surface area (Å²) in [4.78, 5) is 25.5. The zero-order valence-electron chi connectivity index (χ0n) is 17.8. The molecule has 1 aliphatic heterocycles. The van der Waals surface area contributed by atoms with E-state index in [0.717, 1.165) is 42.5 Å². The molecule has 0 saturated carbocycles. The summed E-state index contributed by atoms with van der Waals surface area (Å²) in [7, 11) is 0. The van der Waals surface area contributed by atoms with Gasteiger partial charge in [-0.25, -0.2) is 4.99 Å². The van der Waals surface area contributed by atoms with E-state index in [1.807, 2.05) is 54.3 Å². The van der Waals surface area contributed by atoms with Crippen LogP contribution in [0, 0.1) is 0 Å². The standard InChI is InChI=1S/C22H29ClN6O.HI/c1-2-24-22(26-12-10-19-5-3-4-11-25-19)27-17-21(30)29-15-13-28(14-16-29)20-8-6-18(23)7-9-20;/h3-9,11H,2,10,12-17H2,1H3,(H2,24,26,27);1H. The van der Waals surface area contributed by atoms with Crippen molar-refractivity contribution >= 4 is 53.1 Å². The molecule has 31 heavy (non-hydrogen) atoms. The van der Waals surface area contributed by atoms with Crippen LogP contribution >= 0.6 is 35.6 Å². The number of halogens is 2. The summed E-state index contributed by atoms with van der Waals surface area (Å²) < 4.78 is 0. The second-order valence-corrected chi connectivity index (χ2v) is 7.47. The van der Waals surface area contributed by atoms with Gasteiger partial charge in [-0.05, 0) is 43.3 Å². The molecule has 0 aliphatic carbocycles. The maximum Gasteiger partial charge on any atom is 0.244 e. The number of nitrogens with zero attached hydrogens (tertiary/aromatic N) is 4. The molecule has 0 spiro atoms. The fourth-order valence-electron chi connectivity index (χ4n) is 3.31. The van der Waals surface area contributed by atoms with Crippen LogP contribution in [0.4, 0.5) is 5.69 Å². The van der Waals surface area contributed by atoms with Crippen LogP contribution in [0.3, 0.4) is 0 Å². The number of aliphatic imine (C=N–C) groups is 1. The van der Waals surface area contributed by atoms with Crippen molar-refractivity contribution in [3.05, 3.63) is 59.4 Å². The third-order valence-corrected chi connectivity index (χ3v) is 5.19. The Kier molecular flexibility index (Phi) is 10.9. The maximum absolute atomic E-state index is 12.6. The largest absolute Gasteiger partial charge is 0.368 e. The Bertz CT molecular complexity index is 826. The Labute approximate surface area is 206 Å². The van der Waals surface area contributed by atoms with Crippen molar-refractivity contribution in [2.75, 3.05) is 50.7 Å². The van der Waals surface area contributed by atoms with Crippen molar-refractivity contribution in [3.63, 3.8) is 0 Å². The van der Waals surface area contributed by atoms with Gasteiger partial charge in [0, 0.05) is 68.3 Å². The predicted octanol–water partition coefficient (Wildman–Crippen LogP) is 2.80. The molecule has 2 aromatic rings. The minimum absolute atomic E-state index is 0. The molecule has 1 fully saturated rings. The fourth-order valence-corrected chi connectivity index (χ4v) is 3.44. The maximum atomic E-state index is 12.6. The summed E-state index contributed by atoms with van der Waals surface area (Å²) >= 11 is 5.96. The number of guanidine groups is 1. The Morgan fingerprint density at radius 1 is 1.10 bits per heavy atom. The quantitative estimate of drug-likeness (QED) is 0.312. The Hall–Kier alpha value is -2.07. The molecule has 3 rings (SSSR count). The first-order valence-electron chi connectivity index (χ1n) is 10.4. The number of nitrogens with one attached hydrogen (secondary N) is 2. The minimum Gasteiger partial charge on any atom is -0.368 e. The van der Waals surface area contributed by atoms with E-state index in [0.29, 0.717) is 25.6 Å². The van der Waals surface area contributed by atoms with Crippen molar-refractivity contribution in [3.8, 4) is 0 Å². The SMILES string of the molecule is CCNC(=NCC(=O)N1CCN(c2ccc(Cl)cc2)CC1)NCCc1ccccn1.I. The van der Waals surface area contributed by atoms with Crippen LogP contribution in [-0.4, -0.2) is 67.6 Å². The highest BCUT2D eigenvalue weighted by Crippen LogP contribution is 2.19.